The highest BCUT2D eigenvalue weighted by Gasteiger charge is 2.03. The van der Waals surface area contributed by atoms with Gasteiger partial charge in [0.15, 0.2) is 0 Å². The topological polar surface area (TPSA) is 62.0 Å². The molecule has 1 N–H and O–H groups in total. The van der Waals surface area contributed by atoms with Crippen molar-refractivity contribution in [2.45, 2.75) is 0 Å². The molecule has 2 rings (SSSR count). The summed E-state index contributed by atoms with van der Waals surface area (Å²) in [7, 11) is 0. The number of hydrogen-bond acceptors (Lipinski definition) is 2. The summed E-state index contributed by atoms with van der Waals surface area (Å²) in [5.74, 6) is 0.0948. The highest BCUT2D eigenvalue weighted by atomic mass is 16.3. The number of carbonyl (C=O) groups excluding carboxylic acids is 1. The number of fused-ring (bicyclic) bond motifs is 1. The predicted octanol–water partition coefficient (Wildman–Crippen LogP) is -0.235. The Morgan fingerprint density at radius 3 is 2.73 bits per heavy atom. The molecule has 4 heteroatoms. The molecule has 0 fully saturated rings. The van der Waals surface area contributed by atoms with Crippen molar-refractivity contribution in [3.63, 3.8) is 0 Å². The molecule has 0 radical (unpaired) electrons. The second-order valence-electron chi connectivity index (χ2n) is 2.18. The van der Waals surface area contributed by atoms with Crippen molar-refractivity contribution in [2.75, 3.05) is 0 Å². The van der Waals surface area contributed by atoms with Crippen LogP contribution in [0.5, 0.6) is 5.75 Å². The third-order valence-electron chi connectivity index (χ3n) is 1.39. The van der Waals surface area contributed by atoms with Crippen LogP contribution in [0.1, 0.15) is 0 Å². The second-order valence-corrected chi connectivity index (χ2v) is 2.18. The van der Waals surface area contributed by atoms with Crippen LogP contribution in [-0.2, 0) is 0 Å². The molecule has 0 bridgehead atoms. The van der Waals surface area contributed by atoms with E-state index < -0.39 is 6.03 Å². The molecule has 2 amide bonds. The lowest BCUT2D eigenvalue weighted by Gasteiger charge is -1.84. The van der Waals surface area contributed by atoms with Crippen LogP contribution in [0.15, 0.2) is 28.2 Å². The summed E-state index contributed by atoms with van der Waals surface area (Å²) in [5, 5.41) is 9.93. The van der Waals surface area contributed by atoms with Gasteiger partial charge in [-0.3, -0.25) is 0 Å². The largest absolute Gasteiger partial charge is 0.508 e. The third kappa shape index (κ3) is 0.881. The van der Waals surface area contributed by atoms with Crippen LogP contribution >= 0.6 is 0 Å². The molecule has 1 heterocycles. The van der Waals surface area contributed by atoms with Crippen molar-refractivity contribution in [2.24, 2.45) is 9.98 Å². The molecular formula is C7H4N2O2. The van der Waals surface area contributed by atoms with E-state index in [0.717, 1.165) is 0 Å². The Balaban J connectivity index is 2.89. The SMILES string of the molecule is O=C1N=c2ccc(O)cc2=N1. The minimum atomic E-state index is -0.509. The lowest BCUT2D eigenvalue weighted by molar-refractivity contribution is 0.256. The maximum atomic E-state index is 10.6. The van der Waals surface area contributed by atoms with Gasteiger partial charge in [0.05, 0.1) is 10.7 Å². The molecule has 0 saturated carbocycles. The molecular weight excluding hydrogens is 144 g/mol. The molecule has 11 heavy (non-hydrogen) atoms. The normalized spacial score (nSPS) is 13.6. The van der Waals surface area contributed by atoms with E-state index in [1.165, 1.54) is 12.1 Å². The summed E-state index contributed by atoms with van der Waals surface area (Å²) < 4.78 is 0. The van der Waals surface area contributed by atoms with Crippen LogP contribution in [0.25, 0.3) is 0 Å². The van der Waals surface area contributed by atoms with Gasteiger partial charge in [0, 0.05) is 6.07 Å². The van der Waals surface area contributed by atoms with E-state index in [1.54, 1.807) is 6.07 Å². The summed E-state index contributed by atoms with van der Waals surface area (Å²) >= 11 is 0. The van der Waals surface area contributed by atoms with Gasteiger partial charge < -0.3 is 5.11 Å². The first-order valence-corrected chi connectivity index (χ1v) is 3.06. The Morgan fingerprint density at radius 2 is 1.91 bits per heavy atom. The Bertz CT molecular complexity index is 436. The van der Waals surface area contributed by atoms with E-state index in [-0.39, 0.29) is 5.75 Å². The number of phenols is 1. The van der Waals surface area contributed by atoms with Gasteiger partial charge in [-0.1, -0.05) is 0 Å². The first-order chi connectivity index (χ1) is 5.25. The van der Waals surface area contributed by atoms with Crippen molar-refractivity contribution in [1.29, 1.82) is 0 Å². The van der Waals surface area contributed by atoms with E-state index in [1.807, 2.05) is 0 Å². The predicted molar refractivity (Wildman–Crippen MR) is 35.8 cm³/mol. The number of benzene rings is 1. The zero-order valence-electron chi connectivity index (χ0n) is 5.48. The molecule has 0 unspecified atom stereocenters. The highest BCUT2D eigenvalue weighted by molar-refractivity contribution is 5.77. The Hall–Kier alpha value is -1.71. The number of aromatic hydroxyl groups is 1. The van der Waals surface area contributed by atoms with Crippen molar-refractivity contribution in [3.8, 4) is 5.75 Å². The lowest BCUT2D eigenvalue weighted by Crippen LogP contribution is -2.20. The summed E-state index contributed by atoms with van der Waals surface area (Å²) in [6.07, 6.45) is 0. The fraction of sp³-hybridized carbons (Fsp3) is 0. The summed E-state index contributed by atoms with van der Waals surface area (Å²) in [6.45, 7) is 0. The van der Waals surface area contributed by atoms with E-state index in [0.29, 0.717) is 10.7 Å². The van der Waals surface area contributed by atoms with Gasteiger partial charge in [-0.2, -0.15) is 9.98 Å². The summed E-state index contributed by atoms with van der Waals surface area (Å²) in [5.41, 5.74) is 0. The molecule has 54 valence electrons. The summed E-state index contributed by atoms with van der Waals surface area (Å²) in [6, 6.07) is 3.92. The highest BCUT2D eigenvalue weighted by Crippen LogP contribution is 1.99. The van der Waals surface area contributed by atoms with E-state index in [4.69, 9.17) is 5.11 Å². The number of rotatable bonds is 0. The van der Waals surface area contributed by atoms with Crippen LogP contribution in [0, 0.1) is 0 Å². The average molecular weight is 148 g/mol. The molecule has 0 saturated heterocycles. The zero-order valence-corrected chi connectivity index (χ0v) is 5.48. The quantitative estimate of drug-likeness (QED) is 0.552. The van der Waals surface area contributed by atoms with Crippen LogP contribution < -0.4 is 10.7 Å². The molecule has 4 nitrogen and oxygen atoms in total. The molecule has 1 aromatic carbocycles. The fourth-order valence-electron chi connectivity index (χ4n) is 0.927. The minimum absolute atomic E-state index is 0.0948. The van der Waals surface area contributed by atoms with Gasteiger partial charge in [-0.25, -0.2) is 4.79 Å². The van der Waals surface area contributed by atoms with Gasteiger partial charge in [-0.15, -0.1) is 0 Å². The van der Waals surface area contributed by atoms with Crippen molar-refractivity contribution >= 4 is 6.03 Å². The molecule has 1 aliphatic heterocycles. The molecule has 0 aliphatic carbocycles. The van der Waals surface area contributed by atoms with E-state index in [9.17, 15) is 4.79 Å². The lowest BCUT2D eigenvalue weighted by atomic mass is 10.3. The maximum absolute atomic E-state index is 10.6. The number of phenolic OH excluding ortho intramolecular Hbond substituents is 1. The van der Waals surface area contributed by atoms with Gasteiger partial charge in [0.2, 0.25) is 0 Å². The van der Waals surface area contributed by atoms with Crippen molar-refractivity contribution in [1.82, 2.24) is 0 Å². The van der Waals surface area contributed by atoms with Gasteiger partial charge in [-0.05, 0) is 12.1 Å². The number of carbonyl (C=O) groups is 1. The fourth-order valence-corrected chi connectivity index (χ4v) is 0.927. The average Bonchev–Trinajstić information content (AvgIpc) is 2.27. The summed E-state index contributed by atoms with van der Waals surface area (Å²) in [4.78, 5) is 17.7. The Kier molecular flexibility index (Phi) is 1.03. The van der Waals surface area contributed by atoms with Gasteiger partial charge in [0.25, 0.3) is 0 Å². The van der Waals surface area contributed by atoms with Gasteiger partial charge in [0.1, 0.15) is 5.75 Å². The molecule has 0 atom stereocenters. The minimum Gasteiger partial charge on any atom is -0.508 e. The maximum Gasteiger partial charge on any atom is 0.368 e. The smallest absolute Gasteiger partial charge is 0.368 e. The number of hydrogen-bond donors (Lipinski definition) is 1. The molecule has 1 aliphatic rings. The van der Waals surface area contributed by atoms with E-state index in [2.05, 4.69) is 9.98 Å². The van der Waals surface area contributed by atoms with Crippen molar-refractivity contribution in [3.05, 3.63) is 28.9 Å². The molecule has 1 aromatic rings. The Morgan fingerprint density at radius 1 is 1.18 bits per heavy atom. The first kappa shape index (κ1) is 6.03. The number of urea groups is 1. The number of amides is 2. The third-order valence-corrected chi connectivity index (χ3v) is 1.39. The Labute approximate surface area is 61.5 Å². The van der Waals surface area contributed by atoms with Crippen LogP contribution in [-0.4, -0.2) is 11.1 Å². The zero-order chi connectivity index (χ0) is 7.84. The standard InChI is InChI=1S/C7H4N2O2/c10-4-1-2-5-6(3-4)9-7(11)8-5/h1-3,10H. The number of nitrogens with zero attached hydrogens (tertiary/aromatic N) is 2. The van der Waals surface area contributed by atoms with E-state index >= 15 is 0 Å². The van der Waals surface area contributed by atoms with Crippen LogP contribution in [0.3, 0.4) is 0 Å². The van der Waals surface area contributed by atoms with Crippen molar-refractivity contribution < 1.29 is 9.90 Å². The first-order valence-electron chi connectivity index (χ1n) is 3.06. The monoisotopic (exact) mass is 148 g/mol. The van der Waals surface area contributed by atoms with Crippen LogP contribution in [0.2, 0.25) is 0 Å². The van der Waals surface area contributed by atoms with Gasteiger partial charge >= 0.3 is 6.03 Å². The van der Waals surface area contributed by atoms with Crippen LogP contribution in [0.4, 0.5) is 4.79 Å². The molecule has 0 spiro atoms. The second kappa shape index (κ2) is 1.88. The molecule has 0 aromatic heterocycles.